The average molecular weight is 492 g/mol. The number of H-pyrrole nitrogens is 1. The van der Waals surface area contributed by atoms with Crippen molar-refractivity contribution >= 4 is 45.0 Å². The standard InChI is InChI=1S/C22H22ClN3O4S2/c23-20-4-2-1-3-16(20)15-30-18-7-5-17(6-8-18)25-22(27)21-13-19(14-24-21)32(28,29)26-9-11-31-12-10-26/h1-8,13-14,24H,9-12,15H2,(H,25,27). The van der Waals surface area contributed by atoms with E-state index in [-0.39, 0.29) is 10.6 Å². The number of carbonyl (C=O) groups is 1. The number of halogens is 1. The number of hydrogen-bond donors (Lipinski definition) is 2. The number of carbonyl (C=O) groups excluding carboxylic acids is 1. The number of rotatable bonds is 7. The fourth-order valence-corrected chi connectivity index (χ4v) is 5.96. The Bertz CT molecular complexity index is 1190. The van der Waals surface area contributed by atoms with Gasteiger partial charge in [-0.1, -0.05) is 29.8 Å². The number of nitrogens with zero attached hydrogens (tertiary/aromatic N) is 1. The van der Waals surface area contributed by atoms with Crippen LogP contribution in [-0.4, -0.2) is 48.2 Å². The summed E-state index contributed by atoms with van der Waals surface area (Å²) < 4.78 is 32.7. The van der Waals surface area contributed by atoms with Crippen LogP contribution in [0.2, 0.25) is 5.02 Å². The van der Waals surface area contributed by atoms with Gasteiger partial charge in [0, 0.05) is 47.1 Å². The maximum atomic E-state index is 12.7. The van der Waals surface area contributed by atoms with E-state index >= 15 is 0 Å². The number of nitrogens with one attached hydrogen (secondary N) is 2. The van der Waals surface area contributed by atoms with Gasteiger partial charge in [0.2, 0.25) is 10.0 Å². The Kier molecular flexibility index (Phi) is 7.10. The van der Waals surface area contributed by atoms with E-state index in [4.69, 9.17) is 16.3 Å². The van der Waals surface area contributed by atoms with Gasteiger partial charge in [-0.2, -0.15) is 16.1 Å². The van der Waals surface area contributed by atoms with E-state index in [9.17, 15) is 13.2 Å². The molecule has 1 fully saturated rings. The first kappa shape index (κ1) is 22.7. The van der Waals surface area contributed by atoms with Gasteiger partial charge in [-0.05, 0) is 36.4 Å². The van der Waals surface area contributed by atoms with Crippen molar-refractivity contribution in [1.82, 2.24) is 9.29 Å². The second-order valence-corrected chi connectivity index (χ2v) is 10.7. The van der Waals surface area contributed by atoms with E-state index in [0.29, 0.717) is 36.2 Å². The molecule has 32 heavy (non-hydrogen) atoms. The quantitative estimate of drug-likeness (QED) is 0.516. The fourth-order valence-electron chi connectivity index (χ4n) is 3.20. The molecule has 1 aliphatic rings. The van der Waals surface area contributed by atoms with Crippen LogP contribution in [0.15, 0.2) is 65.7 Å². The summed E-state index contributed by atoms with van der Waals surface area (Å²) in [5, 5.41) is 3.40. The summed E-state index contributed by atoms with van der Waals surface area (Å²) in [6.07, 6.45) is 1.36. The monoisotopic (exact) mass is 491 g/mol. The maximum absolute atomic E-state index is 12.7. The van der Waals surface area contributed by atoms with Gasteiger partial charge in [-0.25, -0.2) is 8.42 Å². The predicted molar refractivity (Wildman–Crippen MR) is 127 cm³/mol. The van der Waals surface area contributed by atoms with Gasteiger partial charge in [-0.3, -0.25) is 4.79 Å². The summed E-state index contributed by atoms with van der Waals surface area (Å²) in [6, 6.07) is 15.7. The summed E-state index contributed by atoms with van der Waals surface area (Å²) in [4.78, 5) is 15.4. The third-order valence-electron chi connectivity index (χ3n) is 4.97. The van der Waals surface area contributed by atoms with Crippen LogP contribution in [-0.2, 0) is 16.6 Å². The molecule has 2 aromatic carbocycles. The molecule has 10 heteroatoms. The molecule has 0 radical (unpaired) electrons. The first-order valence-corrected chi connectivity index (χ1v) is 12.9. The number of hydrogen-bond acceptors (Lipinski definition) is 5. The minimum Gasteiger partial charge on any atom is -0.489 e. The summed E-state index contributed by atoms with van der Waals surface area (Å²) in [5.41, 5.74) is 1.62. The Morgan fingerprint density at radius 2 is 1.84 bits per heavy atom. The molecule has 0 spiro atoms. The van der Waals surface area contributed by atoms with Crippen LogP contribution in [0, 0.1) is 0 Å². The largest absolute Gasteiger partial charge is 0.489 e. The Labute approximate surface area is 196 Å². The molecular weight excluding hydrogens is 470 g/mol. The number of thioether (sulfide) groups is 1. The SMILES string of the molecule is O=C(Nc1ccc(OCc2ccccc2Cl)cc1)c1cc(S(=O)(=O)N2CCSCC2)c[nH]1. The summed E-state index contributed by atoms with van der Waals surface area (Å²) in [7, 11) is -3.60. The molecule has 2 heterocycles. The van der Waals surface area contributed by atoms with Crippen molar-refractivity contribution in [3.63, 3.8) is 0 Å². The van der Waals surface area contributed by atoms with Crippen LogP contribution in [0.25, 0.3) is 0 Å². The molecule has 0 bridgehead atoms. The van der Waals surface area contributed by atoms with Gasteiger partial charge in [0.15, 0.2) is 0 Å². The number of aromatic amines is 1. The zero-order valence-electron chi connectivity index (χ0n) is 17.1. The van der Waals surface area contributed by atoms with Crippen molar-refractivity contribution in [1.29, 1.82) is 0 Å². The third-order valence-corrected chi connectivity index (χ3v) is 8.16. The number of amides is 1. The first-order chi connectivity index (χ1) is 15.4. The minimum absolute atomic E-state index is 0.0953. The van der Waals surface area contributed by atoms with Crippen LogP contribution < -0.4 is 10.1 Å². The Morgan fingerprint density at radius 3 is 2.56 bits per heavy atom. The number of benzene rings is 2. The Balaban J connectivity index is 1.36. The Morgan fingerprint density at radius 1 is 1.12 bits per heavy atom. The molecule has 0 unspecified atom stereocenters. The lowest BCUT2D eigenvalue weighted by atomic mass is 10.2. The minimum atomic E-state index is -3.60. The summed E-state index contributed by atoms with van der Waals surface area (Å²) in [6.45, 7) is 1.29. The second-order valence-electron chi connectivity index (χ2n) is 7.12. The first-order valence-electron chi connectivity index (χ1n) is 9.97. The smallest absolute Gasteiger partial charge is 0.272 e. The highest BCUT2D eigenvalue weighted by Crippen LogP contribution is 2.23. The highest BCUT2D eigenvalue weighted by atomic mass is 35.5. The van der Waals surface area contributed by atoms with Gasteiger partial charge in [0.1, 0.15) is 22.9 Å². The van der Waals surface area contributed by atoms with E-state index in [1.807, 2.05) is 24.3 Å². The lowest BCUT2D eigenvalue weighted by molar-refractivity contribution is 0.102. The Hall–Kier alpha value is -2.46. The molecule has 0 saturated carbocycles. The third kappa shape index (κ3) is 5.29. The zero-order chi connectivity index (χ0) is 22.6. The van der Waals surface area contributed by atoms with Gasteiger partial charge >= 0.3 is 0 Å². The molecular formula is C22H22ClN3O4S2. The molecule has 168 valence electrons. The van der Waals surface area contributed by atoms with Crippen LogP contribution in [0.5, 0.6) is 5.75 Å². The zero-order valence-corrected chi connectivity index (χ0v) is 19.5. The molecule has 1 aromatic heterocycles. The van der Waals surface area contributed by atoms with Gasteiger partial charge in [0.05, 0.1) is 0 Å². The molecule has 0 aliphatic carbocycles. The van der Waals surface area contributed by atoms with Crippen molar-refractivity contribution in [3.05, 3.63) is 77.1 Å². The molecule has 3 aromatic rings. The van der Waals surface area contributed by atoms with Gasteiger partial charge in [0.25, 0.3) is 5.91 Å². The van der Waals surface area contributed by atoms with Gasteiger partial charge < -0.3 is 15.0 Å². The predicted octanol–water partition coefficient (Wildman–Crippen LogP) is 4.24. The average Bonchev–Trinajstić information content (AvgIpc) is 3.32. The van der Waals surface area contributed by atoms with E-state index in [2.05, 4.69) is 10.3 Å². The van der Waals surface area contributed by atoms with Crippen molar-refractivity contribution in [2.75, 3.05) is 29.9 Å². The topological polar surface area (TPSA) is 91.5 Å². The normalized spacial score (nSPS) is 14.8. The number of ether oxygens (including phenoxy) is 1. The lowest BCUT2D eigenvalue weighted by Gasteiger charge is -2.24. The summed E-state index contributed by atoms with van der Waals surface area (Å²) >= 11 is 7.87. The van der Waals surface area contributed by atoms with Crippen LogP contribution >= 0.6 is 23.4 Å². The highest BCUT2D eigenvalue weighted by Gasteiger charge is 2.27. The van der Waals surface area contributed by atoms with E-state index < -0.39 is 15.9 Å². The molecule has 1 amide bonds. The molecule has 1 saturated heterocycles. The summed E-state index contributed by atoms with van der Waals surface area (Å²) in [5.74, 6) is 1.76. The molecule has 7 nitrogen and oxygen atoms in total. The van der Waals surface area contributed by atoms with Crippen molar-refractivity contribution in [3.8, 4) is 5.75 Å². The number of anilines is 1. The second kappa shape index (κ2) is 9.99. The van der Waals surface area contributed by atoms with Crippen LogP contribution in [0.1, 0.15) is 16.1 Å². The molecule has 2 N–H and O–H groups in total. The van der Waals surface area contributed by atoms with Crippen LogP contribution in [0.4, 0.5) is 5.69 Å². The van der Waals surface area contributed by atoms with E-state index in [0.717, 1.165) is 17.1 Å². The van der Waals surface area contributed by atoms with E-state index in [1.165, 1.54) is 16.6 Å². The molecule has 0 atom stereocenters. The van der Waals surface area contributed by atoms with Crippen molar-refractivity contribution < 1.29 is 17.9 Å². The maximum Gasteiger partial charge on any atom is 0.272 e. The van der Waals surface area contributed by atoms with E-state index in [1.54, 1.807) is 36.0 Å². The van der Waals surface area contributed by atoms with Crippen molar-refractivity contribution in [2.45, 2.75) is 11.5 Å². The number of sulfonamides is 1. The molecule has 4 rings (SSSR count). The number of aromatic nitrogens is 1. The van der Waals surface area contributed by atoms with Crippen LogP contribution in [0.3, 0.4) is 0 Å². The van der Waals surface area contributed by atoms with Gasteiger partial charge in [-0.15, -0.1) is 0 Å². The fraction of sp³-hybridized carbons (Fsp3) is 0.227. The highest BCUT2D eigenvalue weighted by molar-refractivity contribution is 7.99. The molecule has 1 aliphatic heterocycles. The lowest BCUT2D eigenvalue weighted by Crippen LogP contribution is -2.37. The van der Waals surface area contributed by atoms with Crippen molar-refractivity contribution in [2.24, 2.45) is 0 Å².